The molecule has 21 nitrogen and oxygen atoms in total. The van der Waals surface area contributed by atoms with Crippen molar-refractivity contribution in [3.05, 3.63) is 186 Å². The molecule has 1 aliphatic rings. The molecule has 9 N–H and O–H groups in total. The topological polar surface area (TPSA) is 299 Å². The van der Waals surface area contributed by atoms with E-state index in [4.69, 9.17) is 4.74 Å². The molecule has 9 aromatic rings. The molecule has 27 heteroatoms. The maximum absolute atomic E-state index is 14.7. The van der Waals surface area contributed by atoms with Crippen molar-refractivity contribution in [3.63, 3.8) is 0 Å². The van der Waals surface area contributed by atoms with E-state index in [1.54, 1.807) is 84.9 Å². The molecule has 7 aromatic carbocycles. The van der Waals surface area contributed by atoms with Crippen LogP contribution in [0.25, 0.3) is 0 Å². The lowest BCUT2D eigenvalue weighted by atomic mass is 9.82. The molecule has 0 saturated heterocycles. The quantitative estimate of drug-likeness (QED) is 0.0285. The molecule has 0 fully saturated rings. The molecule has 0 radical (unpaired) electrons. The van der Waals surface area contributed by atoms with Crippen LogP contribution in [0.15, 0.2) is 171 Å². The molecule has 3 heterocycles. The first-order valence-electron chi connectivity index (χ1n) is 22.9. The van der Waals surface area contributed by atoms with E-state index in [0.29, 0.717) is 97.0 Å². The summed E-state index contributed by atoms with van der Waals surface area (Å²) in [7, 11) is -7.30. The van der Waals surface area contributed by atoms with Crippen LogP contribution in [-0.2, 0) is 26.8 Å². The van der Waals surface area contributed by atoms with Crippen molar-refractivity contribution in [2.75, 3.05) is 38.5 Å². The average Bonchev–Trinajstić information content (AvgIpc) is 3.61. The number of anilines is 11. The molecule has 0 saturated carbocycles. The lowest BCUT2D eigenvalue weighted by Crippen LogP contribution is -2.18. The number of fused-ring (bicyclic) bond motifs is 2. The molecule has 2 aromatic heterocycles. The lowest BCUT2D eigenvalue weighted by Gasteiger charge is -2.31. The van der Waals surface area contributed by atoms with E-state index in [0.717, 1.165) is 17.3 Å². The van der Waals surface area contributed by atoms with Crippen molar-refractivity contribution in [1.29, 1.82) is 0 Å². The van der Waals surface area contributed by atoms with Crippen molar-refractivity contribution in [2.24, 2.45) is 0 Å². The smallest absolute Gasteiger partial charge is 0.315 e. The van der Waals surface area contributed by atoms with Crippen LogP contribution in [0.3, 0.4) is 0 Å². The second kappa shape index (κ2) is 22.2. The standard InChI is InChI=1S/C51H40F2N12O9S4/c1-65(27-28-12-14-29(15-13-28)55-48-59-46(52)60-50(63-48)57-31-7-5-9-36(23-31)77(68,69)70)34-18-20-38-42(26-34)74-41-25-33(16-19-37(41)45(38)39-10-2-3-11-44(39)78(71,72)73)54-32-17-21-43(76-67)40(24-32)58-51-62-47(53)61-49(64-51)56-30-6-4-8-35(22-30)75-66/h2-26,45,54,66-67H,27H2,1H3,(H,68,69,70)(H,71,72,73)(H2,55,57,59,60,63)(H2,56,58,61,62,64). The number of halogens is 2. The Kier molecular flexibility index (Phi) is 15.1. The third kappa shape index (κ3) is 12.3. The van der Waals surface area contributed by atoms with Gasteiger partial charge in [-0.25, -0.2) is 0 Å². The summed E-state index contributed by atoms with van der Waals surface area (Å²) in [6.07, 6.45) is -2.19. The van der Waals surface area contributed by atoms with Gasteiger partial charge >= 0.3 is 12.2 Å². The van der Waals surface area contributed by atoms with E-state index >= 15 is 0 Å². The van der Waals surface area contributed by atoms with E-state index in [-0.39, 0.29) is 39.3 Å². The van der Waals surface area contributed by atoms with Gasteiger partial charge in [0, 0.05) is 106 Å². The fourth-order valence-corrected chi connectivity index (χ4v) is 10.3. The highest BCUT2D eigenvalue weighted by atomic mass is 32.2. The Labute approximate surface area is 452 Å². The minimum Gasteiger partial charge on any atom is -0.457 e. The number of nitrogens with zero attached hydrogens (tertiary/aromatic N) is 7. The fourth-order valence-electron chi connectivity index (χ4n) is 8.41. The SMILES string of the molecule is CN(Cc1ccc(Nc2nc(F)nc(Nc3cccc(S(=O)(=O)O)c3)n2)cc1)c1ccc2c(c1)Oc1cc(Nc3ccc(SO)c(Nc4nc(F)nc(Nc5cccc(SO)c5)n4)c3)ccc1C2c1ccccc1S(=O)(=O)O. The van der Waals surface area contributed by atoms with Gasteiger partial charge in [-0.3, -0.25) is 9.11 Å². The summed E-state index contributed by atoms with van der Waals surface area (Å²) >= 11 is 0.988. The molecule has 78 heavy (non-hydrogen) atoms. The van der Waals surface area contributed by atoms with Gasteiger partial charge in [-0.2, -0.15) is 55.5 Å². The van der Waals surface area contributed by atoms with E-state index in [2.05, 4.69) is 56.5 Å². The summed E-state index contributed by atoms with van der Waals surface area (Å²) in [6.45, 7) is 0.402. The maximum atomic E-state index is 14.7. The second-order valence-corrected chi connectivity index (χ2v) is 21.2. The van der Waals surface area contributed by atoms with Gasteiger partial charge in [0.25, 0.3) is 20.2 Å². The third-order valence-electron chi connectivity index (χ3n) is 11.8. The highest BCUT2D eigenvalue weighted by molar-refractivity contribution is 7.94. The minimum absolute atomic E-state index is 0.122. The summed E-state index contributed by atoms with van der Waals surface area (Å²) < 4.78 is 124. The van der Waals surface area contributed by atoms with Crippen LogP contribution in [-0.4, -0.2) is 72.0 Å². The van der Waals surface area contributed by atoms with E-state index in [9.17, 15) is 43.8 Å². The van der Waals surface area contributed by atoms with Gasteiger partial charge in [0.15, 0.2) is 0 Å². The predicted molar refractivity (Wildman–Crippen MR) is 291 cm³/mol. The van der Waals surface area contributed by atoms with Crippen LogP contribution in [0, 0.1) is 12.2 Å². The van der Waals surface area contributed by atoms with Gasteiger partial charge in [0.1, 0.15) is 11.5 Å². The number of hydrogen-bond donors (Lipinski definition) is 9. The zero-order valence-electron chi connectivity index (χ0n) is 40.1. The van der Waals surface area contributed by atoms with E-state index < -0.39 is 38.3 Å². The molecule has 0 aliphatic carbocycles. The van der Waals surface area contributed by atoms with Crippen LogP contribution in [0.2, 0.25) is 0 Å². The largest absolute Gasteiger partial charge is 0.457 e. The summed E-state index contributed by atoms with van der Waals surface area (Å²) in [5, 5.41) is 14.8. The molecule has 0 amide bonds. The number of aromatic nitrogens is 6. The van der Waals surface area contributed by atoms with Gasteiger partial charge < -0.3 is 45.3 Å². The minimum atomic E-state index is -4.68. The molecule has 1 aliphatic heterocycles. The summed E-state index contributed by atoms with van der Waals surface area (Å²) in [5.74, 6) is -0.587. The molecular formula is C51H40F2N12O9S4. The first-order valence-corrected chi connectivity index (χ1v) is 27.3. The van der Waals surface area contributed by atoms with Crippen molar-refractivity contribution in [1.82, 2.24) is 29.9 Å². The first kappa shape index (κ1) is 52.9. The Bertz CT molecular complexity index is 3990. The zero-order chi connectivity index (χ0) is 54.7. The van der Waals surface area contributed by atoms with Gasteiger partial charge in [-0.15, -0.1) is 0 Å². The number of hydrogen-bond acceptors (Lipinski definition) is 21. The molecule has 396 valence electrons. The Hall–Kier alpha value is -8.54. The van der Waals surface area contributed by atoms with Gasteiger partial charge in [-0.05, 0) is 96.1 Å². The molecule has 0 spiro atoms. The number of benzene rings is 7. The molecule has 10 rings (SSSR count). The van der Waals surface area contributed by atoms with Crippen LogP contribution < -0.4 is 36.2 Å². The van der Waals surface area contributed by atoms with Gasteiger partial charge in [-0.1, -0.05) is 54.6 Å². The van der Waals surface area contributed by atoms with Gasteiger partial charge in [0.2, 0.25) is 23.8 Å². The average molecular weight is 1130 g/mol. The number of ether oxygens (including phenoxy) is 1. The molecule has 0 bridgehead atoms. The Morgan fingerprint density at radius 3 is 1.76 bits per heavy atom. The van der Waals surface area contributed by atoms with Crippen LogP contribution in [0.5, 0.6) is 11.5 Å². The summed E-state index contributed by atoms with van der Waals surface area (Å²) in [6, 6.07) is 41.1. The monoisotopic (exact) mass is 1130 g/mol. The lowest BCUT2D eigenvalue weighted by molar-refractivity contribution is 0.451. The number of nitrogens with one attached hydrogen (secondary N) is 5. The van der Waals surface area contributed by atoms with Crippen molar-refractivity contribution >= 4 is 108 Å². The Morgan fingerprint density at radius 2 is 1.10 bits per heavy atom. The maximum Gasteiger partial charge on any atom is 0.315 e. The molecular weight excluding hydrogens is 1090 g/mol. The van der Waals surface area contributed by atoms with Crippen molar-refractivity contribution in [3.8, 4) is 11.5 Å². The molecule has 1 atom stereocenters. The Balaban J connectivity index is 0.882. The Morgan fingerprint density at radius 1 is 0.538 bits per heavy atom. The van der Waals surface area contributed by atoms with Crippen molar-refractivity contribution in [2.45, 2.75) is 32.0 Å². The highest BCUT2D eigenvalue weighted by Crippen LogP contribution is 2.50. The van der Waals surface area contributed by atoms with Gasteiger partial charge in [0.05, 0.1) is 20.4 Å². The second-order valence-electron chi connectivity index (χ2n) is 17.1. The first-order chi connectivity index (χ1) is 37.4. The normalized spacial score (nSPS) is 12.9. The summed E-state index contributed by atoms with van der Waals surface area (Å²) in [4.78, 5) is 25.5. The van der Waals surface area contributed by atoms with Crippen LogP contribution in [0.1, 0.15) is 28.2 Å². The predicted octanol–water partition coefficient (Wildman–Crippen LogP) is 11.6. The van der Waals surface area contributed by atoms with Crippen molar-refractivity contribution < 1.29 is 48.6 Å². The van der Waals surface area contributed by atoms with E-state index in [1.807, 2.05) is 42.3 Å². The zero-order valence-corrected chi connectivity index (χ0v) is 43.3. The fraction of sp³-hybridized carbons (Fsp3) is 0.0588. The highest BCUT2D eigenvalue weighted by Gasteiger charge is 2.33. The molecule has 1 unspecified atom stereocenters. The van der Waals surface area contributed by atoms with Crippen LogP contribution in [0.4, 0.5) is 72.4 Å². The van der Waals surface area contributed by atoms with E-state index in [1.165, 1.54) is 30.3 Å². The number of rotatable bonds is 18. The third-order valence-corrected chi connectivity index (χ3v) is 14.6. The summed E-state index contributed by atoms with van der Waals surface area (Å²) in [5.41, 5.74) is 5.70. The van der Waals surface area contributed by atoms with Crippen LogP contribution >= 0.6 is 24.1 Å².